The third-order valence-electron chi connectivity index (χ3n) is 4.27. The van der Waals surface area contributed by atoms with Gasteiger partial charge in [-0.3, -0.25) is 9.88 Å². The van der Waals surface area contributed by atoms with Crippen molar-refractivity contribution >= 4 is 16.5 Å². The van der Waals surface area contributed by atoms with E-state index in [-0.39, 0.29) is 0 Å². The summed E-state index contributed by atoms with van der Waals surface area (Å²) in [5, 5.41) is 1.14. The van der Waals surface area contributed by atoms with Crippen LogP contribution in [-0.2, 0) is 11.3 Å². The van der Waals surface area contributed by atoms with Gasteiger partial charge in [0, 0.05) is 61.6 Å². The molecule has 2 aromatic heterocycles. The summed E-state index contributed by atoms with van der Waals surface area (Å²) in [6.07, 6.45) is 3.92. The zero-order valence-electron chi connectivity index (χ0n) is 12.5. The van der Waals surface area contributed by atoms with E-state index in [0.29, 0.717) is 5.92 Å². The SMILES string of the molecule is c1ccc(C2CN(Cc3cnc(N4CCOCC4)s3)C2)nc1. The number of thiazole rings is 1. The Morgan fingerprint density at radius 2 is 2.05 bits per heavy atom. The lowest BCUT2D eigenvalue weighted by atomic mass is 9.96. The molecule has 4 rings (SSSR count). The number of hydrogen-bond donors (Lipinski definition) is 0. The molecule has 2 aliphatic rings. The molecule has 0 spiro atoms. The topological polar surface area (TPSA) is 41.5 Å². The molecular formula is C16H20N4OS. The molecule has 0 radical (unpaired) electrons. The van der Waals surface area contributed by atoms with Crippen LogP contribution in [0.2, 0.25) is 0 Å². The Morgan fingerprint density at radius 1 is 1.18 bits per heavy atom. The maximum Gasteiger partial charge on any atom is 0.185 e. The Morgan fingerprint density at radius 3 is 2.82 bits per heavy atom. The van der Waals surface area contributed by atoms with Gasteiger partial charge in [-0.1, -0.05) is 6.07 Å². The first-order valence-electron chi connectivity index (χ1n) is 7.79. The smallest absolute Gasteiger partial charge is 0.185 e. The highest BCUT2D eigenvalue weighted by Crippen LogP contribution is 2.30. The van der Waals surface area contributed by atoms with E-state index >= 15 is 0 Å². The molecule has 6 heteroatoms. The fourth-order valence-electron chi connectivity index (χ4n) is 2.99. The molecule has 0 amide bonds. The van der Waals surface area contributed by atoms with E-state index in [9.17, 15) is 0 Å². The maximum atomic E-state index is 5.39. The lowest BCUT2D eigenvalue weighted by Gasteiger charge is -2.38. The molecule has 2 aromatic rings. The molecule has 0 bridgehead atoms. The maximum absolute atomic E-state index is 5.39. The lowest BCUT2D eigenvalue weighted by molar-refractivity contribution is 0.122. The summed E-state index contributed by atoms with van der Waals surface area (Å²) < 4.78 is 5.39. The summed E-state index contributed by atoms with van der Waals surface area (Å²) in [7, 11) is 0. The standard InChI is InChI=1S/C16H20N4OS/c1-2-4-17-15(3-1)13-10-19(11-13)12-14-9-18-16(22-14)20-5-7-21-8-6-20/h1-4,9,13H,5-8,10-12H2. The summed E-state index contributed by atoms with van der Waals surface area (Å²) in [5.41, 5.74) is 1.22. The largest absolute Gasteiger partial charge is 0.378 e. The predicted molar refractivity (Wildman–Crippen MR) is 87.4 cm³/mol. The third-order valence-corrected chi connectivity index (χ3v) is 5.31. The van der Waals surface area contributed by atoms with Crippen molar-refractivity contribution in [2.45, 2.75) is 12.5 Å². The Kier molecular flexibility index (Phi) is 4.05. The first kappa shape index (κ1) is 14.1. The van der Waals surface area contributed by atoms with Gasteiger partial charge in [-0.05, 0) is 12.1 Å². The highest BCUT2D eigenvalue weighted by Gasteiger charge is 2.29. The zero-order chi connectivity index (χ0) is 14.8. The van der Waals surface area contributed by atoms with Crippen LogP contribution in [0.1, 0.15) is 16.5 Å². The van der Waals surface area contributed by atoms with Gasteiger partial charge in [-0.25, -0.2) is 4.98 Å². The quantitative estimate of drug-likeness (QED) is 0.863. The summed E-state index contributed by atoms with van der Waals surface area (Å²) in [6, 6.07) is 6.18. The number of likely N-dealkylation sites (tertiary alicyclic amines) is 1. The van der Waals surface area contributed by atoms with Crippen LogP contribution >= 0.6 is 11.3 Å². The Hall–Kier alpha value is -1.50. The zero-order valence-corrected chi connectivity index (χ0v) is 13.3. The molecule has 5 nitrogen and oxygen atoms in total. The van der Waals surface area contributed by atoms with Gasteiger partial charge in [-0.2, -0.15) is 0 Å². The van der Waals surface area contributed by atoms with Crippen LogP contribution < -0.4 is 4.90 Å². The van der Waals surface area contributed by atoms with Crippen molar-refractivity contribution in [2.24, 2.45) is 0 Å². The normalized spacial score (nSPS) is 20.1. The number of hydrogen-bond acceptors (Lipinski definition) is 6. The minimum Gasteiger partial charge on any atom is -0.378 e. The number of rotatable bonds is 4. The average Bonchev–Trinajstić information content (AvgIpc) is 3.01. The van der Waals surface area contributed by atoms with E-state index in [2.05, 4.69) is 31.9 Å². The van der Waals surface area contributed by atoms with E-state index in [1.165, 1.54) is 10.6 Å². The van der Waals surface area contributed by atoms with E-state index in [1.807, 2.05) is 29.8 Å². The molecule has 0 atom stereocenters. The monoisotopic (exact) mass is 316 g/mol. The van der Waals surface area contributed by atoms with Gasteiger partial charge in [0.05, 0.1) is 13.2 Å². The summed E-state index contributed by atoms with van der Waals surface area (Å²) in [4.78, 5) is 15.2. The summed E-state index contributed by atoms with van der Waals surface area (Å²) >= 11 is 1.82. The molecule has 0 saturated carbocycles. The molecule has 2 aliphatic heterocycles. The van der Waals surface area contributed by atoms with Gasteiger partial charge in [-0.15, -0.1) is 11.3 Å². The number of nitrogens with zero attached hydrogens (tertiary/aromatic N) is 4. The number of anilines is 1. The Labute approximate surface area is 134 Å². The molecule has 22 heavy (non-hydrogen) atoms. The molecular weight excluding hydrogens is 296 g/mol. The van der Waals surface area contributed by atoms with Crippen LogP contribution in [0.25, 0.3) is 0 Å². The summed E-state index contributed by atoms with van der Waals surface area (Å²) in [6.45, 7) is 6.74. The van der Waals surface area contributed by atoms with Crippen molar-refractivity contribution in [3.8, 4) is 0 Å². The van der Waals surface area contributed by atoms with Crippen LogP contribution in [0.5, 0.6) is 0 Å². The van der Waals surface area contributed by atoms with Crippen LogP contribution in [0.4, 0.5) is 5.13 Å². The molecule has 2 fully saturated rings. The lowest BCUT2D eigenvalue weighted by Crippen LogP contribution is -2.44. The second-order valence-electron chi connectivity index (χ2n) is 5.85. The Bertz CT molecular complexity index is 606. The van der Waals surface area contributed by atoms with Gasteiger partial charge >= 0.3 is 0 Å². The van der Waals surface area contributed by atoms with E-state index in [0.717, 1.165) is 51.1 Å². The van der Waals surface area contributed by atoms with Crippen LogP contribution in [0, 0.1) is 0 Å². The minimum atomic E-state index is 0.591. The van der Waals surface area contributed by atoms with Crippen molar-refractivity contribution in [3.05, 3.63) is 41.2 Å². The summed E-state index contributed by atoms with van der Waals surface area (Å²) in [5.74, 6) is 0.591. The second kappa shape index (κ2) is 6.32. The van der Waals surface area contributed by atoms with Gasteiger partial charge < -0.3 is 9.64 Å². The highest BCUT2D eigenvalue weighted by molar-refractivity contribution is 7.15. The average molecular weight is 316 g/mol. The molecule has 0 aromatic carbocycles. The fraction of sp³-hybridized carbons (Fsp3) is 0.500. The molecule has 0 aliphatic carbocycles. The molecule has 0 N–H and O–H groups in total. The van der Waals surface area contributed by atoms with E-state index in [4.69, 9.17) is 4.74 Å². The van der Waals surface area contributed by atoms with Crippen molar-refractivity contribution in [1.82, 2.24) is 14.9 Å². The van der Waals surface area contributed by atoms with Crippen molar-refractivity contribution in [2.75, 3.05) is 44.3 Å². The van der Waals surface area contributed by atoms with Gasteiger partial charge in [0.15, 0.2) is 5.13 Å². The van der Waals surface area contributed by atoms with Gasteiger partial charge in [0.2, 0.25) is 0 Å². The molecule has 2 saturated heterocycles. The fourth-order valence-corrected chi connectivity index (χ4v) is 4.00. The van der Waals surface area contributed by atoms with E-state index < -0.39 is 0 Å². The first-order valence-corrected chi connectivity index (χ1v) is 8.61. The third kappa shape index (κ3) is 2.99. The number of aromatic nitrogens is 2. The number of morpholine rings is 1. The number of pyridine rings is 1. The second-order valence-corrected chi connectivity index (χ2v) is 6.95. The molecule has 0 unspecified atom stereocenters. The minimum absolute atomic E-state index is 0.591. The predicted octanol–water partition coefficient (Wildman–Crippen LogP) is 1.97. The van der Waals surface area contributed by atoms with Crippen molar-refractivity contribution < 1.29 is 4.74 Å². The van der Waals surface area contributed by atoms with Crippen molar-refractivity contribution in [1.29, 1.82) is 0 Å². The molecule has 4 heterocycles. The van der Waals surface area contributed by atoms with E-state index in [1.54, 1.807) is 0 Å². The number of ether oxygens (including phenoxy) is 1. The van der Waals surface area contributed by atoms with Crippen LogP contribution in [0.15, 0.2) is 30.6 Å². The van der Waals surface area contributed by atoms with Gasteiger partial charge in [0.1, 0.15) is 0 Å². The first-order chi connectivity index (χ1) is 10.9. The molecule has 116 valence electrons. The van der Waals surface area contributed by atoms with Crippen molar-refractivity contribution in [3.63, 3.8) is 0 Å². The Balaban J connectivity index is 1.31. The van der Waals surface area contributed by atoms with Gasteiger partial charge in [0.25, 0.3) is 0 Å². The highest BCUT2D eigenvalue weighted by atomic mass is 32.1. The van der Waals surface area contributed by atoms with Crippen LogP contribution in [0.3, 0.4) is 0 Å². The van der Waals surface area contributed by atoms with Crippen LogP contribution in [-0.4, -0.2) is 54.3 Å².